The van der Waals surface area contributed by atoms with Crippen molar-refractivity contribution in [1.29, 1.82) is 0 Å². The quantitative estimate of drug-likeness (QED) is 0.258. The summed E-state index contributed by atoms with van der Waals surface area (Å²) in [4.78, 5) is 38.2. The van der Waals surface area contributed by atoms with Crippen LogP contribution in [0, 0.1) is 5.92 Å². The van der Waals surface area contributed by atoms with Gasteiger partial charge >= 0.3 is 0 Å². The maximum Gasteiger partial charge on any atom is 0.275 e. The lowest BCUT2D eigenvalue weighted by Gasteiger charge is -2.55. The number of carboxylic acids is 1. The summed E-state index contributed by atoms with van der Waals surface area (Å²) in [5.41, 5.74) is 1.18. The van der Waals surface area contributed by atoms with Crippen LogP contribution < -0.4 is 19.8 Å². The highest BCUT2D eigenvalue weighted by Gasteiger charge is 2.55. The Hall–Kier alpha value is -3.17. The summed E-state index contributed by atoms with van der Waals surface area (Å²) in [5.74, 6) is -2.92. The van der Waals surface area contributed by atoms with Crippen molar-refractivity contribution in [2.75, 3.05) is 70.3 Å². The number of hydrogen-bond acceptors (Lipinski definition) is 8. The predicted octanol–water partition coefficient (Wildman–Crippen LogP) is -1.46. The molecule has 0 aromatic heterocycles. The average Bonchev–Trinajstić information content (AvgIpc) is 3.43. The van der Waals surface area contributed by atoms with E-state index in [1.165, 1.54) is 11.2 Å². The molecule has 4 saturated heterocycles. The molecule has 0 radical (unpaired) electrons. The van der Waals surface area contributed by atoms with E-state index in [1.807, 2.05) is 18.2 Å². The van der Waals surface area contributed by atoms with Gasteiger partial charge in [-0.2, -0.15) is 0 Å². The van der Waals surface area contributed by atoms with E-state index in [0.717, 1.165) is 88.8 Å². The number of quaternary nitrogens is 2. The van der Waals surface area contributed by atoms with Crippen LogP contribution in [0.1, 0.15) is 12.5 Å². The molecule has 6 aliphatic heterocycles. The fourth-order valence-corrected chi connectivity index (χ4v) is 11.1. The molecule has 0 spiro atoms. The van der Waals surface area contributed by atoms with E-state index in [1.54, 1.807) is 19.2 Å². The number of fused-ring (bicyclic) bond motifs is 4. The molecule has 44 heavy (non-hydrogen) atoms. The van der Waals surface area contributed by atoms with Crippen molar-refractivity contribution in [1.82, 2.24) is 10.2 Å². The van der Waals surface area contributed by atoms with Crippen molar-refractivity contribution in [2.24, 2.45) is 5.92 Å². The van der Waals surface area contributed by atoms with Crippen LogP contribution in [0.4, 0.5) is 5.69 Å². The lowest BCUT2D eigenvalue weighted by atomic mass is 9.92. The minimum atomic E-state index is -4.01. The van der Waals surface area contributed by atoms with Crippen LogP contribution in [-0.2, 0) is 30.8 Å². The van der Waals surface area contributed by atoms with Gasteiger partial charge in [-0.25, -0.2) is 8.42 Å². The second-order valence-electron chi connectivity index (χ2n) is 12.8. The van der Waals surface area contributed by atoms with E-state index in [4.69, 9.17) is 0 Å². The average molecular weight is 642 g/mol. The number of carbonyl (C=O) groups is 3. The monoisotopic (exact) mass is 641 g/mol. The van der Waals surface area contributed by atoms with E-state index in [2.05, 4.69) is 5.32 Å². The number of aliphatic carboxylic acids is 1. The number of amides is 2. The molecule has 12 nitrogen and oxygen atoms in total. The number of β-lactam (4-membered cyclic amide) rings is 1. The Morgan fingerprint density at radius 1 is 1.09 bits per heavy atom. The molecule has 1 N–H and O–H groups in total. The molecule has 0 aliphatic carbocycles. The summed E-state index contributed by atoms with van der Waals surface area (Å²) in [7, 11) is -2.32. The maximum atomic E-state index is 13.9. The Bertz CT molecular complexity index is 1730. The molecular formula is C30H35N5O7S2. The molecule has 6 heterocycles. The minimum Gasteiger partial charge on any atom is -0.852 e. The van der Waals surface area contributed by atoms with Gasteiger partial charge in [0.1, 0.15) is 39.3 Å². The van der Waals surface area contributed by atoms with Crippen LogP contribution in [0.5, 0.6) is 0 Å². The Morgan fingerprint density at radius 2 is 1.77 bits per heavy atom. The minimum absolute atomic E-state index is 0.0852. The Kier molecular flexibility index (Phi) is 6.83. The molecule has 2 unspecified atom stereocenters. The number of nitrogens with one attached hydrogen (secondary N) is 1. The molecule has 0 saturated carbocycles. The highest BCUT2D eigenvalue weighted by Crippen LogP contribution is 2.52. The summed E-state index contributed by atoms with van der Waals surface area (Å²) >= 11 is 1.06. The molecule has 6 aliphatic rings. The molecule has 2 bridgehead atoms. The SMILES string of the molecule is CNC(=O)C[N+]12CC[N+](CCc3ccc4c5c(cccc35)N(CC3=C(C(=O)[O-])N5C(=O)C([C@H](C)[O-])C5S3)S4(=O)=O)(CC1)CC2. The van der Waals surface area contributed by atoms with Gasteiger partial charge in [0, 0.05) is 23.8 Å². The number of benzene rings is 2. The first-order chi connectivity index (χ1) is 20.9. The Morgan fingerprint density at radius 3 is 2.41 bits per heavy atom. The number of hydrogen-bond donors (Lipinski definition) is 1. The second kappa shape index (κ2) is 10.2. The normalized spacial score (nSPS) is 30.5. The summed E-state index contributed by atoms with van der Waals surface area (Å²) in [6.45, 7) is 8.54. The molecular weight excluding hydrogens is 606 g/mol. The molecule has 4 fully saturated rings. The van der Waals surface area contributed by atoms with Crippen molar-refractivity contribution >= 4 is 56.0 Å². The molecule has 14 heteroatoms. The molecule has 8 rings (SSSR count). The standard InChI is InChI=1S/C30H35N5O7S2/c1-18(36)25-28(38)33-27(30(39)40)22(43-29(25)33)16-32-21-5-3-4-20-19(6-7-23(26(20)21)44(32,41)42)8-9-34-10-13-35(14-11-34,15-12-34)17-24(37)31-2/h3-7,18,25,29H,8-17H2,1-2H3,(H-,31,37,39,40)/t18-,25?,29?,34?,35?/m0/s1. The Labute approximate surface area is 260 Å². The number of anilines is 1. The summed E-state index contributed by atoms with van der Waals surface area (Å²) in [6, 6.07) is 9.02. The third-order valence-corrected chi connectivity index (χ3v) is 13.7. The zero-order valence-electron chi connectivity index (χ0n) is 24.7. The van der Waals surface area contributed by atoms with Crippen molar-refractivity contribution < 1.29 is 42.0 Å². The van der Waals surface area contributed by atoms with Gasteiger partial charge in [-0.3, -0.25) is 18.8 Å². The van der Waals surface area contributed by atoms with Crippen LogP contribution in [0.15, 0.2) is 45.8 Å². The van der Waals surface area contributed by atoms with Crippen LogP contribution in [-0.4, -0.2) is 117 Å². The highest BCUT2D eigenvalue weighted by atomic mass is 32.2. The molecule has 2 aromatic rings. The van der Waals surface area contributed by atoms with Gasteiger partial charge in [-0.15, -0.1) is 17.9 Å². The molecule has 3 atom stereocenters. The van der Waals surface area contributed by atoms with E-state index in [-0.39, 0.29) is 27.9 Å². The largest absolute Gasteiger partial charge is 0.852 e. The van der Waals surface area contributed by atoms with Gasteiger partial charge in [0.2, 0.25) is 5.91 Å². The molecule has 234 valence electrons. The van der Waals surface area contributed by atoms with Gasteiger partial charge in [0.05, 0.1) is 46.6 Å². The number of carbonyl (C=O) groups excluding carboxylic acids is 3. The fourth-order valence-electron chi connectivity index (χ4n) is 7.81. The zero-order chi connectivity index (χ0) is 31.2. The summed E-state index contributed by atoms with van der Waals surface area (Å²) < 4.78 is 30.8. The number of piperazine rings is 3. The fraction of sp³-hybridized carbons (Fsp3) is 0.500. The number of rotatable bonds is 9. The highest BCUT2D eigenvalue weighted by molar-refractivity contribution is 8.04. The lowest BCUT2D eigenvalue weighted by Crippen LogP contribution is -2.76. The third kappa shape index (κ3) is 4.29. The number of likely N-dealkylation sites (N-methyl/N-ethyl adjacent to an activating group) is 1. The summed E-state index contributed by atoms with van der Waals surface area (Å²) in [6.07, 6.45) is -0.436. The lowest BCUT2D eigenvalue weighted by molar-refractivity contribution is -1.08. The topological polar surface area (TPSA) is 150 Å². The Balaban J connectivity index is 1.15. The second-order valence-corrected chi connectivity index (χ2v) is 15.8. The smallest absolute Gasteiger partial charge is 0.275 e. The third-order valence-electron chi connectivity index (χ3n) is 10.5. The van der Waals surface area contributed by atoms with Crippen molar-refractivity contribution in [3.05, 3.63) is 46.5 Å². The number of sulfonamides is 1. The van der Waals surface area contributed by atoms with Crippen molar-refractivity contribution in [3.63, 3.8) is 0 Å². The summed E-state index contributed by atoms with van der Waals surface area (Å²) in [5, 5.41) is 27.8. The molecule has 2 amide bonds. The predicted molar refractivity (Wildman–Crippen MR) is 159 cm³/mol. The number of carboxylic acid groups (broad SMARTS) is 1. The van der Waals surface area contributed by atoms with Crippen LogP contribution in [0.2, 0.25) is 0 Å². The van der Waals surface area contributed by atoms with Gasteiger partial charge < -0.3 is 29.3 Å². The van der Waals surface area contributed by atoms with Crippen LogP contribution in [0.3, 0.4) is 0 Å². The number of nitrogens with zero attached hydrogens (tertiary/aromatic N) is 4. The van der Waals surface area contributed by atoms with Crippen molar-refractivity contribution in [3.8, 4) is 0 Å². The van der Waals surface area contributed by atoms with Gasteiger partial charge in [-0.05, 0) is 23.1 Å². The first-order valence-electron chi connectivity index (χ1n) is 15.0. The van der Waals surface area contributed by atoms with E-state index >= 15 is 0 Å². The van der Waals surface area contributed by atoms with E-state index < -0.39 is 39.3 Å². The zero-order valence-corrected chi connectivity index (χ0v) is 26.3. The van der Waals surface area contributed by atoms with E-state index in [0.29, 0.717) is 17.6 Å². The first-order valence-corrected chi connectivity index (χ1v) is 17.3. The number of thioether (sulfide) groups is 1. The maximum absolute atomic E-state index is 13.9. The van der Waals surface area contributed by atoms with Crippen LogP contribution in [0.25, 0.3) is 10.8 Å². The van der Waals surface area contributed by atoms with Gasteiger partial charge in [0.25, 0.3) is 15.9 Å². The molecule has 2 aromatic carbocycles. The van der Waals surface area contributed by atoms with Crippen LogP contribution >= 0.6 is 11.8 Å². The van der Waals surface area contributed by atoms with Gasteiger partial charge in [-0.1, -0.05) is 25.1 Å². The first kappa shape index (κ1) is 29.5. The van der Waals surface area contributed by atoms with E-state index in [9.17, 15) is 33.0 Å². The van der Waals surface area contributed by atoms with Gasteiger partial charge in [0.15, 0.2) is 6.54 Å². The van der Waals surface area contributed by atoms with Crippen molar-refractivity contribution in [2.45, 2.75) is 29.7 Å².